The van der Waals surface area contributed by atoms with Crippen molar-refractivity contribution in [1.29, 1.82) is 0 Å². The first kappa shape index (κ1) is 21.3. The first-order valence-corrected chi connectivity index (χ1v) is 10.7. The van der Waals surface area contributed by atoms with Gasteiger partial charge < -0.3 is 24.4 Å². The molecule has 3 fully saturated rings. The molecule has 4 rings (SSSR count). The Hall–Kier alpha value is -1.89. The van der Waals surface area contributed by atoms with E-state index in [1.807, 2.05) is 57.2 Å². The Balaban J connectivity index is 1.74. The number of aliphatic hydroxyl groups is 2. The number of hydrogen-bond acceptors (Lipinski definition) is 6. The topological polar surface area (TPSA) is 85.2 Å². The van der Waals surface area contributed by atoms with Crippen LogP contribution >= 0.6 is 0 Å². The number of carbonyl (C=O) groups excluding carboxylic acids is 1. The van der Waals surface area contributed by atoms with E-state index in [4.69, 9.17) is 14.2 Å². The van der Waals surface area contributed by atoms with Gasteiger partial charge in [0, 0.05) is 12.8 Å². The average Bonchev–Trinajstić information content (AvgIpc) is 2.84. The molecule has 1 aromatic rings. The minimum absolute atomic E-state index is 0.202. The molecule has 0 aromatic heterocycles. The smallest absolute Gasteiger partial charge is 0.302 e. The third-order valence-corrected chi connectivity index (χ3v) is 7.60. The Bertz CT molecular complexity index is 820. The van der Waals surface area contributed by atoms with Crippen LogP contribution in [0.15, 0.2) is 36.6 Å². The van der Waals surface area contributed by atoms with Gasteiger partial charge in [-0.15, -0.1) is 0 Å². The first-order valence-electron chi connectivity index (χ1n) is 10.7. The lowest BCUT2D eigenvalue weighted by Crippen LogP contribution is -2.74. The van der Waals surface area contributed by atoms with Crippen molar-refractivity contribution in [2.75, 3.05) is 0 Å². The van der Waals surface area contributed by atoms with E-state index in [-0.39, 0.29) is 11.9 Å². The fraction of sp³-hybridized carbons (Fsp3) is 0.625. The van der Waals surface area contributed by atoms with Gasteiger partial charge in [-0.1, -0.05) is 30.3 Å². The molecule has 1 aliphatic heterocycles. The summed E-state index contributed by atoms with van der Waals surface area (Å²) in [7, 11) is 0. The van der Waals surface area contributed by atoms with Gasteiger partial charge >= 0.3 is 5.97 Å². The van der Waals surface area contributed by atoms with Gasteiger partial charge in [-0.05, 0) is 51.7 Å². The van der Waals surface area contributed by atoms with Crippen molar-refractivity contribution < 1.29 is 29.2 Å². The van der Waals surface area contributed by atoms with Crippen LogP contribution in [-0.2, 0) is 19.0 Å². The van der Waals surface area contributed by atoms with Gasteiger partial charge in [-0.3, -0.25) is 4.79 Å². The summed E-state index contributed by atoms with van der Waals surface area (Å²) < 4.78 is 18.5. The predicted octanol–water partition coefficient (Wildman–Crippen LogP) is 3.06. The van der Waals surface area contributed by atoms with Crippen molar-refractivity contribution in [1.82, 2.24) is 0 Å². The molecule has 164 valence electrons. The van der Waals surface area contributed by atoms with Crippen molar-refractivity contribution in [3.05, 3.63) is 42.2 Å². The Morgan fingerprint density at radius 1 is 1.13 bits per heavy atom. The minimum atomic E-state index is -1.26. The van der Waals surface area contributed by atoms with Crippen molar-refractivity contribution in [2.45, 2.75) is 82.6 Å². The molecule has 2 N–H and O–H groups in total. The molecule has 3 aliphatic rings. The summed E-state index contributed by atoms with van der Waals surface area (Å²) in [6.07, 6.45) is 2.29. The Kier molecular flexibility index (Phi) is 5.24. The summed E-state index contributed by atoms with van der Waals surface area (Å²) in [5, 5.41) is 22.5. The quantitative estimate of drug-likeness (QED) is 0.580. The second kappa shape index (κ2) is 7.36. The number of fused-ring (bicyclic) bond motifs is 1. The van der Waals surface area contributed by atoms with Crippen molar-refractivity contribution in [3.63, 3.8) is 0 Å². The zero-order valence-electron chi connectivity index (χ0n) is 18.1. The highest BCUT2D eigenvalue weighted by Gasteiger charge is 2.78. The number of carbonyl (C=O) groups is 1. The van der Waals surface area contributed by atoms with Crippen molar-refractivity contribution in [3.8, 4) is 0 Å². The maximum Gasteiger partial charge on any atom is 0.302 e. The summed E-state index contributed by atoms with van der Waals surface area (Å²) in [5.41, 5.74) is -1.81. The summed E-state index contributed by atoms with van der Waals surface area (Å²) in [5.74, 6) is -0.591. The molecular formula is C24H32O6. The zero-order chi connectivity index (χ0) is 21.7. The molecule has 30 heavy (non-hydrogen) atoms. The number of esters is 1. The van der Waals surface area contributed by atoms with Gasteiger partial charge in [0.15, 0.2) is 0 Å². The van der Waals surface area contributed by atoms with Crippen LogP contribution < -0.4 is 0 Å². The average molecular weight is 417 g/mol. The van der Waals surface area contributed by atoms with Crippen LogP contribution in [0.25, 0.3) is 6.08 Å². The lowest BCUT2D eigenvalue weighted by molar-refractivity contribution is -0.299. The van der Waals surface area contributed by atoms with Crippen LogP contribution in [0.4, 0.5) is 0 Å². The molecule has 0 amide bonds. The van der Waals surface area contributed by atoms with Crippen molar-refractivity contribution in [2.24, 2.45) is 11.3 Å². The maximum absolute atomic E-state index is 11.9. The molecule has 0 radical (unpaired) electrons. The SMILES string of the molecule is CC(=O)OC1CCC(O)C23OC(C)(C)C(CC(OC=Cc4ccccc4)C12C)C3O. The van der Waals surface area contributed by atoms with Gasteiger partial charge in [-0.25, -0.2) is 0 Å². The number of hydrogen-bond donors (Lipinski definition) is 2. The number of ether oxygens (including phenoxy) is 3. The normalized spacial score (nSPS) is 42.0. The van der Waals surface area contributed by atoms with Gasteiger partial charge in [0.05, 0.1) is 29.5 Å². The molecule has 2 saturated carbocycles. The van der Waals surface area contributed by atoms with Gasteiger partial charge in [-0.2, -0.15) is 0 Å². The lowest BCUT2D eigenvalue weighted by Gasteiger charge is -2.60. The van der Waals surface area contributed by atoms with Gasteiger partial charge in [0.1, 0.15) is 17.8 Å². The number of rotatable bonds is 4. The molecule has 6 heteroatoms. The standard InChI is InChI=1S/C24H32O6/c1-15(25)29-19-11-10-18(26)24-21(27)17(22(2,3)30-24)14-20(23(19,24)4)28-13-12-16-8-6-5-7-9-16/h5-9,12-13,17-21,26-27H,10-11,14H2,1-4H3. The van der Waals surface area contributed by atoms with Crippen LogP contribution in [0.3, 0.4) is 0 Å². The summed E-state index contributed by atoms with van der Waals surface area (Å²) >= 11 is 0. The fourth-order valence-corrected chi connectivity index (χ4v) is 6.08. The molecule has 2 aliphatic carbocycles. The van der Waals surface area contributed by atoms with Crippen LogP contribution in [0.5, 0.6) is 0 Å². The zero-order valence-corrected chi connectivity index (χ0v) is 18.1. The number of aliphatic hydroxyl groups excluding tert-OH is 2. The van der Waals surface area contributed by atoms with Gasteiger partial charge in [0.2, 0.25) is 0 Å². The summed E-state index contributed by atoms with van der Waals surface area (Å²) in [4.78, 5) is 11.9. The molecule has 6 nitrogen and oxygen atoms in total. The molecule has 1 aromatic carbocycles. The second-order valence-corrected chi connectivity index (χ2v) is 9.60. The molecule has 1 saturated heterocycles. The number of benzene rings is 1. The Morgan fingerprint density at radius 3 is 2.50 bits per heavy atom. The largest absolute Gasteiger partial charge is 0.497 e. The second-order valence-electron chi connectivity index (χ2n) is 9.60. The highest BCUT2D eigenvalue weighted by Crippen LogP contribution is 2.65. The van der Waals surface area contributed by atoms with Crippen LogP contribution in [0.1, 0.15) is 52.5 Å². The van der Waals surface area contributed by atoms with E-state index in [1.165, 1.54) is 6.92 Å². The summed E-state index contributed by atoms with van der Waals surface area (Å²) in [6, 6.07) is 9.83. The van der Waals surface area contributed by atoms with E-state index in [1.54, 1.807) is 6.26 Å². The van der Waals surface area contributed by atoms with Crippen LogP contribution in [0.2, 0.25) is 0 Å². The predicted molar refractivity (Wildman–Crippen MR) is 111 cm³/mol. The monoisotopic (exact) mass is 416 g/mol. The lowest BCUT2D eigenvalue weighted by atomic mass is 9.51. The Morgan fingerprint density at radius 2 is 1.83 bits per heavy atom. The third-order valence-electron chi connectivity index (χ3n) is 7.60. The van der Waals surface area contributed by atoms with Crippen LogP contribution in [-0.4, -0.2) is 51.8 Å². The Labute approximate surface area is 177 Å². The van der Waals surface area contributed by atoms with E-state index in [2.05, 4.69) is 0 Å². The van der Waals surface area contributed by atoms with Gasteiger partial charge in [0.25, 0.3) is 0 Å². The van der Waals surface area contributed by atoms with E-state index < -0.39 is 41.0 Å². The minimum Gasteiger partial charge on any atom is -0.497 e. The molecule has 7 atom stereocenters. The summed E-state index contributed by atoms with van der Waals surface area (Å²) in [6.45, 7) is 7.19. The molecular weight excluding hydrogens is 384 g/mol. The van der Waals surface area contributed by atoms with E-state index in [0.717, 1.165) is 5.56 Å². The van der Waals surface area contributed by atoms with E-state index in [0.29, 0.717) is 19.3 Å². The molecule has 2 bridgehead atoms. The van der Waals surface area contributed by atoms with Crippen molar-refractivity contribution >= 4 is 12.0 Å². The molecule has 1 spiro atoms. The molecule has 1 heterocycles. The first-order chi connectivity index (χ1) is 14.1. The highest BCUT2D eigenvalue weighted by molar-refractivity contribution is 5.66. The third kappa shape index (κ3) is 3.00. The fourth-order valence-electron chi connectivity index (χ4n) is 6.08. The van der Waals surface area contributed by atoms with E-state index in [9.17, 15) is 15.0 Å². The van der Waals surface area contributed by atoms with E-state index >= 15 is 0 Å². The highest BCUT2D eigenvalue weighted by atomic mass is 16.6. The van der Waals surface area contributed by atoms with Crippen LogP contribution in [0, 0.1) is 11.3 Å². The maximum atomic E-state index is 11.9. The molecule has 7 unspecified atom stereocenters.